The van der Waals surface area contributed by atoms with Crippen LogP contribution in [0.25, 0.3) is 0 Å². The van der Waals surface area contributed by atoms with Crippen molar-refractivity contribution in [3.63, 3.8) is 0 Å². The molecule has 0 aliphatic heterocycles. The largest absolute Gasteiger partial charge is 0.461 e. The Balaban J connectivity index is 2.89. The van der Waals surface area contributed by atoms with Gasteiger partial charge in [0.25, 0.3) is 0 Å². The van der Waals surface area contributed by atoms with Crippen molar-refractivity contribution in [3.05, 3.63) is 35.9 Å². The summed E-state index contributed by atoms with van der Waals surface area (Å²) in [7, 11) is 0. The molecular weight excluding hydrogens is 348 g/mol. The Morgan fingerprint density at radius 1 is 1.26 bits per heavy atom. The fourth-order valence-electron chi connectivity index (χ4n) is 2.67. The molecule has 0 radical (unpaired) electrons. The molecule has 0 saturated heterocycles. The number of esters is 1. The van der Waals surface area contributed by atoms with E-state index in [1.54, 1.807) is 13.8 Å². The van der Waals surface area contributed by atoms with E-state index in [1.807, 2.05) is 37.3 Å². The number of hydrogen-bond donors (Lipinski definition) is 2. The number of benzene rings is 1. The molecule has 7 nitrogen and oxygen atoms in total. The highest BCUT2D eigenvalue weighted by Gasteiger charge is 2.28. The fraction of sp³-hybridized carbons (Fsp3) is 0.550. The maximum absolute atomic E-state index is 12.7. The van der Waals surface area contributed by atoms with Gasteiger partial charge in [0.1, 0.15) is 6.04 Å². The summed E-state index contributed by atoms with van der Waals surface area (Å²) in [5.41, 5.74) is 0.894. The summed E-state index contributed by atoms with van der Waals surface area (Å²) < 4.78 is 5.28. The van der Waals surface area contributed by atoms with Crippen LogP contribution in [0.4, 0.5) is 0 Å². The zero-order valence-corrected chi connectivity index (χ0v) is 16.3. The number of ether oxygens (including phenoxy) is 1. The van der Waals surface area contributed by atoms with Gasteiger partial charge < -0.3 is 10.1 Å². The van der Waals surface area contributed by atoms with E-state index in [0.717, 1.165) is 18.4 Å². The van der Waals surface area contributed by atoms with Crippen molar-refractivity contribution >= 4 is 18.3 Å². The van der Waals surface area contributed by atoms with Gasteiger partial charge in [-0.15, -0.1) is 0 Å². The molecule has 7 heteroatoms. The Kier molecular flexibility index (Phi) is 10.1. The molecule has 0 fully saturated rings. The molecule has 0 aliphatic carbocycles. The molecule has 1 aromatic rings. The predicted octanol–water partition coefficient (Wildman–Crippen LogP) is 2.32. The minimum absolute atomic E-state index is 0.118. The second kappa shape index (κ2) is 12.1. The summed E-state index contributed by atoms with van der Waals surface area (Å²) >= 11 is 0. The highest BCUT2D eigenvalue weighted by Crippen LogP contribution is 2.12. The van der Waals surface area contributed by atoms with Crippen LogP contribution in [0.2, 0.25) is 0 Å². The molecule has 0 spiro atoms. The number of nitrogens with zero attached hydrogens (tertiary/aromatic N) is 1. The number of carbonyl (C=O) groups is 3. The van der Waals surface area contributed by atoms with Gasteiger partial charge in [0.15, 0.2) is 0 Å². The number of carbonyl (C=O) groups excluding carboxylic acids is 3. The van der Waals surface area contributed by atoms with Crippen molar-refractivity contribution in [1.82, 2.24) is 10.4 Å². The monoisotopic (exact) mass is 378 g/mol. The van der Waals surface area contributed by atoms with E-state index >= 15 is 0 Å². The van der Waals surface area contributed by atoms with E-state index in [-0.39, 0.29) is 25.0 Å². The molecule has 1 aromatic carbocycles. The van der Waals surface area contributed by atoms with Crippen molar-refractivity contribution in [1.29, 1.82) is 0 Å². The van der Waals surface area contributed by atoms with E-state index < -0.39 is 17.9 Å². The van der Waals surface area contributed by atoms with E-state index in [4.69, 9.17) is 4.74 Å². The normalized spacial score (nSPS) is 12.9. The number of rotatable bonds is 12. The van der Waals surface area contributed by atoms with Crippen LogP contribution < -0.4 is 5.32 Å². The summed E-state index contributed by atoms with van der Waals surface area (Å²) in [6, 6.07) is 8.50. The second-order valence-corrected chi connectivity index (χ2v) is 6.80. The number of hydroxylamine groups is 2. The van der Waals surface area contributed by atoms with Crippen molar-refractivity contribution < 1.29 is 24.3 Å². The van der Waals surface area contributed by atoms with E-state index in [1.165, 1.54) is 0 Å². The highest BCUT2D eigenvalue weighted by atomic mass is 16.5. The Bertz CT molecular complexity index is 591. The highest BCUT2D eigenvalue weighted by molar-refractivity contribution is 5.86. The van der Waals surface area contributed by atoms with Crippen LogP contribution in [0, 0.1) is 5.92 Å². The maximum Gasteiger partial charge on any atom is 0.329 e. The van der Waals surface area contributed by atoms with Crippen LogP contribution in [0.5, 0.6) is 0 Å². The number of unbranched alkanes of at least 4 members (excludes halogenated alkanes) is 1. The van der Waals surface area contributed by atoms with Crippen LogP contribution in [0.1, 0.15) is 45.6 Å². The number of amides is 2. The molecule has 0 aromatic heterocycles. The van der Waals surface area contributed by atoms with Gasteiger partial charge in [-0.05, 0) is 25.8 Å². The third-order valence-corrected chi connectivity index (χ3v) is 4.04. The Morgan fingerprint density at radius 3 is 2.48 bits per heavy atom. The first-order chi connectivity index (χ1) is 12.9. The molecule has 0 bridgehead atoms. The zero-order valence-electron chi connectivity index (χ0n) is 16.3. The molecule has 2 atom stereocenters. The zero-order chi connectivity index (χ0) is 20.2. The molecular formula is C20H30N2O5. The smallest absolute Gasteiger partial charge is 0.329 e. The molecule has 27 heavy (non-hydrogen) atoms. The minimum Gasteiger partial charge on any atom is -0.461 e. The number of hydrogen-bond acceptors (Lipinski definition) is 5. The molecule has 0 unspecified atom stereocenters. The van der Waals surface area contributed by atoms with Crippen LogP contribution in [0.15, 0.2) is 30.3 Å². The van der Waals surface area contributed by atoms with Crippen molar-refractivity contribution in [2.24, 2.45) is 5.92 Å². The minimum atomic E-state index is -0.838. The van der Waals surface area contributed by atoms with Crippen LogP contribution >= 0.6 is 0 Å². The Morgan fingerprint density at radius 2 is 1.93 bits per heavy atom. The summed E-state index contributed by atoms with van der Waals surface area (Å²) in [6.45, 7) is 5.37. The van der Waals surface area contributed by atoms with Crippen LogP contribution in [0.3, 0.4) is 0 Å². The standard InChI is InChI=1S/C20H30N2O5/c1-4-5-11-17(13-22(26)14-23)19(24)21-18(20(25)27-15(2)3)12-16-9-7-6-8-10-16/h6-10,14-15,17-18,26H,4-5,11-13H2,1-3H3,(H,21,24)/t17-,18+/m1/s1. The summed E-state index contributed by atoms with van der Waals surface area (Å²) in [5.74, 6) is -1.50. The quantitative estimate of drug-likeness (QED) is 0.252. The van der Waals surface area contributed by atoms with Crippen molar-refractivity contribution in [2.75, 3.05) is 6.54 Å². The van der Waals surface area contributed by atoms with E-state index in [9.17, 15) is 19.6 Å². The van der Waals surface area contributed by atoms with Gasteiger partial charge in [-0.1, -0.05) is 50.1 Å². The van der Waals surface area contributed by atoms with Crippen molar-refractivity contribution in [2.45, 2.75) is 58.6 Å². The summed E-state index contributed by atoms with van der Waals surface area (Å²) in [6.07, 6.45) is 2.41. The maximum atomic E-state index is 12.7. The Labute approximate surface area is 160 Å². The molecule has 0 saturated carbocycles. The van der Waals surface area contributed by atoms with Gasteiger partial charge in [0, 0.05) is 6.42 Å². The number of nitrogens with one attached hydrogen (secondary N) is 1. The first kappa shape index (κ1) is 22.6. The Hall–Kier alpha value is -2.41. The lowest BCUT2D eigenvalue weighted by Gasteiger charge is -2.24. The van der Waals surface area contributed by atoms with Gasteiger partial charge in [-0.3, -0.25) is 14.8 Å². The molecule has 2 N–H and O–H groups in total. The molecule has 150 valence electrons. The molecule has 0 heterocycles. The molecule has 0 aliphatic rings. The van der Waals surface area contributed by atoms with Gasteiger partial charge in [0.05, 0.1) is 18.6 Å². The van der Waals surface area contributed by atoms with Gasteiger partial charge in [-0.2, -0.15) is 0 Å². The summed E-state index contributed by atoms with van der Waals surface area (Å²) in [4.78, 5) is 35.9. The fourth-order valence-corrected chi connectivity index (χ4v) is 2.67. The van der Waals surface area contributed by atoms with E-state index in [0.29, 0.717) is 17.9 Å². The second-order valence-electron chi connectivity index (χ2n) is 6.80. The molecule has 1 rings (SSSR count). The summed E-state index contributed by atoms with van der Waals surface area (Å²) in [5, 5.41) is 12.7. The average molecular weight is 378 g/mol. The van der Waals surface area contributed by atoms with Crippen LogP contribution in [-0.4, -0.2) is 47.2 Å². The lowest BCUT2D eigenvalue weighted by molar-refractivity contribution is -0.157. The van der Waals surface area contributed by atoms with Gasteiger partial charge >= 0.3 is 5.97 Å². The lowest BCUT2D eigenvalue weighted by Crippen LogP contribution is -2.48. The van der Waals surface area contributed by atoms with Crippen LogP contribution in [-0.2, 0) is 25.5 Å². The first-order valence-electron chi connectivity index (χ1n) is 9.33. The average Bonchev–Trinajstić information content (AvgIpc) is 2.64. The lowest BCUT2D eigenvalue weighted by atomic mass is 9.99. The third kappa shape index (κ3) is 8.68. The SMILES string of the molecule is CCCC[C@H](CN(O)C=O)C(=O)N[C@@H](Cc1ccccc1)C(=O)OC(C)C. The van der Waals surface area contributed by atoms with Crippen molar-refractivity contribution in [3.8, 4) is 0 Å². The predicted molar refractivity (Wildman–Crippen MR) is 101 cm³/mol. The van der Waals surface area contributed by atoms with E-state index in [2.05, 4.69) is 5.32 Å². The molecule has 2 amide bonds. The van der Waals surface area contributed by atoms with Gasteiger partial charge in [-0.25, -0.2) is 9.86 Å². The third-order valence-electron chi connectivity index (χ3n) is 4.04. The van der Waals surface area contributed by atoms with Gasteiger partial charge in [0.2, 0.25) is 12.3 Å². The first-order valence-corrected chi connectivity index (χ1v) is 9.33. The topological polar surface area (TPSA) is 95.9 Å².